The lowest BCUT2D eigenvalue weighted by atomic mass is 9.83. The summed E-state index contributed by atoms with van der Waals surface area (Å²) in [6, 6.07) is 4.32. The van der Waals surface area contributed by atoms with Crippen molar-refractivity contribution in [1.82, 2.24) is 0 Å². The van der Waals surface area contributed by atoms with Crippen LogP contribution in [0, 0.1) is 11.7 Å². The average Bonchev–Trinajstić information content (AvgIpc) is 2.94. The molecule has 2 aliphatic rings. The fourth-order valence-corrected chi connectivity index (χ4v) is 3.39. The van der Waals surface area contributed by atoms with Gasteiger partial charge in [-0.3, -0.25) is 0 Å². The Labute approximate surface area is 111 Å². The predicted octanol–water partition coefficient (Wildman–Crippen LogP) is 2.95. The molecule has 2 nitrogen and oxygen atoms in total. The Morgan fingerprint density at radius 2 is 2.28 bits per heavy atom. The largest absolute Gasteiger partial charge is 0.392 e. The second-order valence-corrected chi connectivity index (χ2v) is 5.69. The van der Waals surface area contributed by atoms with Crippen molar-refractivity contribution in [2.45, 2.75) is 44.0 Å². The topological polar surface area (TPSA) is 29.5 Å². The summed E-state index contributed by atoms with van der Waals surface area (Å²) in [6.45, 7) is 0. The molecule has 4 heteroatoms. The van der Waals surface area contributed by atoms with E-state index in [0.29, 0.717) is 17.5 Å². The van der Waals surface area contributed by atoms with Gasteiger partial charge >= 0.3 is 0 Å². The molecular formula is C14H16ClFO2. The summed E-state index contributed by atoms with van der Waals surface area (Å²) in [5.41, 5.74) is 0.799. The second-order valence-electron chi connectivity index (χ2n) is 5.28. The van der Waals surface area contributed by atoms with Crippen LogP contribution in [0.3, 0.4) is 0 Å². The zero-order valence-electron chi connectivity index (χ0n) is 9.98. The van der Waals surface area contributed by atoms with Crippen LogP contribution in [0.25, 0.3) is 0 Å². The molecule has 0 aromatic heterocycles. The number of fused-ring (bicyclic) bond motifs is 2. The van der Waals surface area contributed by atoms with E-state index >= 15 is 0 Å². The maximum absolute atomic E-state index is 12.9. The van der Waals surface area contributed by atoms with Crippen molar-refractivity contribution in [2.75, 3.05) is 0 Å². The van der Waals surface area contributed by atoms with Crippen LogP contribution in [0.4, 0.5) is 4.39 Å². The van der Waals surface area contributed by atoms with Gasteiger partial charge in [0, 0.05) is 17.4 Å². The van der Waals surface area contributed by atoms with Crippen molar-refractivity contribution in [2.24, 2.45) is 5.92 Å². The number of halogens is 2. The molecule has 2 aliphatic heterocycles. The van der Waals surface area contributed by atoms with Gasteiger partial charge in [0.15, 0.2) is 0 Å². The van der Waals surface area contributed by atoms with Crippen molar-refractivity contribution < 1.29 is 14.2 Å². The van der Waals surface area contributed by atoms with Gasteiger partial charge < -0.3 is 9.84 Å². The number of aliphatic hydroxyl groups is 1. The molecule has 2 fully saturated rings. The fraction of sp³-hybridized carbons (Fsp3) is 0.571. The van der Waals surface area contributed by atoms with Crippen LogP contribution < -0.4 is 0 Å². The van der Waals surface area contributed by atoms with E-state index in [1.165, 1.54) is 12.1 Å². The minimum Gasteiger partial charge on any atom is -0.392 e. The van der Waals surface area contributed by atoms with Crippen LogP contribution in [0.1, 0.15) is 24.8 Å². The van der Waals surface area contributed by atoms with Crippen LogP contribution in [-0.2, 0) is 11.2 Å². The molecule has 2 heterocycles. The summed E-state index contributed by atoms with van der Waals surface area (Å²) in [4.78, 5) is 0. The van der Waals surface area contributed by atoms with Gasteiger partial charge in [-0.05, 0) is 37.0 Å². The van der Waals surface area contributed by atoms with Crippen LogP contribution in [-0.4, -0.2) is 23.4 Å². The third kappa shape index (κ3) is 2.27. The normalized spacial score (nSPS) is 31.8. The number of hydrogen-bond donors (Lipinski definition) is 1. The van der Waals surface area contributed by atoms with E-state index in [1.54, 1.807) is 6.07 Å². The summed E-state index contributed by atoms with van der Waals surface area (Å²) in [5, 5.41) is 10.7. The minimum atomic E-state index is -0.455. The van der Waals surface area contributed by atoms with E-state index in [9.17, 15) is 9.50 Å². The highest BCUT2D eigenvalue weighted by molar-refractivity contribution is 6.31. The Morgan fingerprint density at radius 1 is 1.44 bits per heavy atom. The quantitative estimate of drug-likeness (QED) is 0.915. The first kappa shape index (κ1) is 12.4. The molecule has 0 spiro atoms. The third-order valence-electron chi connectivity index (χ3n) is 4.09. The lowest BCUT2D eigenvalue weighted by molar-refractivity contribution is 0.0432. The molecule has 0 amide bonds. The summed E-state index contributed by atoms with van der Waals surface area (Å²) < 4.78 is 18.7. The molecule has 4 atom stereocenters. The lowest BCUT2D eigenvalue weighted by Crippen LogP contribution is -2.31. The molecule has 3 rings (SSSR count). The summed E-state index contributed by atoms with van der Waals surface area (Å²) in [6.07, 6.45) is 3.64. The smallest absolute Gasteiger partial charge is 0.124 e. The highest BCUT2D eigenvalue weighted by atomic mass is 35.5. The first-order chi connectivity index (χ1) is 8.63. The number of hydrogen-bond acceptors (Lipinski definition) is 2. The molecule has 1 aromatic rings. The average molecular weight is 271 g/mol. The first-order valence-electron chi connectivity index (χ1n) is 6.41. The fourth-order valence-electron chi connectivity index (χ4n) is 3.15. The van der Waals surface area contributed by atoms with Crippen molar-refractivity contribution in [3.8, 4) is 0 Å². The van der Waals surface area contributed by atoms with E-state index in [0.717, 1.165) is 24.8 Å². The van der Waals surface area contributed by atoms with Crippen LogP contribution >= 0.6 is 11.6 Å². The molecule has 0 aliphatic carbocycles. The number of rotatable bonds is 3. The van der Waals surface area contributed by atoms with Crippen LogP contribution in [0.15, 0.2) is 18.2 Å². The standard InChI is InChI=1S/C14H16ClFO2/c15-12-6-9(16)2-1-8(12)5-13(17)11-7-10-3-4-14(11)18-10/h1-2,6,10-11,13-14,17H,3-5,7H2. The lowest BCUT2D eigenvalue weighted by Gasteiger charge is -2.24. The molecule has 4 unspecified atom stereocenters. The van der Waals surface area contributed by atoms with Gasteiger partial charge in [0.05, 0.1) is 18.3 Å². The van der Waals surface area contributed by atoms with E-state index < -0.39 is 6.10 Å². The minimum absolute atomic E-state index is 0.198. The van der Waals surface area contributed by atoms with E-state index in [1.807, 2.05) is 0 Å². The SMILES string of the molecule is OC(Cc1ccc(F)cc1Cl)C1CC2CCC1O2. The Bertz CT molecular complexity index is 451. The van der Waals surface area contributed by atoms with Crippen molar-refractivity contribution in [1.29, 1.82) is 0 Å². The Morgan fingerprint density at radius 3 is 2.89 bits per heavy atom. The van der Waals surface area contributed by atoms with Crippen LogP contribution in [0.5, 0.6) is 0 Å². The third-order valence-corrected chi connectivity index (χ3v) is 4.44. The maximum Gasteiger partial charge on any atom is 0.124 e. The van der Waals surface area contributed by atoms with Gasteiger partial charge in [0.1, 0.15) is 5.82 Å². The summed E-state index contributed by atoms with van der Waals surface area (Å²) in [7, 11) is 0. The van der Waals surface area contributed by atoms with Crippen molar-refractivity contribution >= 4 is 11.6 Å². The van der Waals surface area contributed by atoms with E-state index in [2.05, 4.69) is 0 Å². The number of aliphatic hydroxyl groups excluding tert-OH is 1. The van der Waals surface area contributed by atoms with Crippen molar-refractivity contribution in [3.63, 3.8) is 0 Å². The van der Waals surface area contributed by atoms with Gasteiger partial charge in [-0.15, -0.1) is 0 Å². The molecule has 0 radical (unpaired) electrons. The zero-order valence-corrected chi connectivity index (χ0v) is 10.7. The predicted molar refractivity (Wildman–Crippen MR) is 67.1 cm³/mol. The van der Waals surface area contributed by atoms with Gasteiger partial charge in [-0.2, -0.15) is 0 Å². The van der Waals surface area contributed by atoms with Crippen LogP contribution in [0.2, 0.25) is 5.02 Å². The monoisotopic (exact) mass is 270 g/mol. The maximum atomic E-state index is 12.9. The van der Waals surface area contributed by atoms with Gasteiger partial charge in [-0.1, -0.05) is 17.7 Å². The second kappa shape index (κ2) is 4.80. The van der Waals surface area contributed by atoms with Gasteiger partial charge in [0.25, 0.3) is 0 Å². The molecule has 2 saturated heterocycles. The molecule has 1 N–H and O–H groups in total. The first-order valence-corrected chi connectivity index (χ1v) is 6.79. The molecule has 0 saturated carbocycles. The summed E-state index contributed by atoms with van der Waals surface area (Å²) in [5.74, 6) is -0.147. The number of benzene rings is 1. The molecule has 2 bridgehead atoms. The Balaban J connectivity index is 1.69. The molecule has 98 valence electrons. The zero-order chi connectivity index (χ0) is 12.7. The Kier molecular flexibility index (Phi) is 3.31. The van der Waals surface area contributed by atoms with Crippen molar-refractivity contribution in [3.05, 3.63) is 34.6 Å². The number of ether oxygens (including phenoxy) is 1. The highest BCUT2D eigenvalue weighted by Gasteiger charge is 2.43. The Hall–Kier alpha value is -0.640. The molecule has 1 aromatic carbocycles. The van der Waals surface area contributed by atoms with E-state index in [4.69, 9.17) is 16.3 Å². The van der Waals surface area contributed by atoms with E-state index in [-0.39, 0.29) is 17.8 Å². The van der Waals surface area contributed by atoms with Gasteiger partial charge in [0.2, 0.25) is 0 Å². The summed E-state index contributed by atoms with van der Waals surface area (Å²) >= 11 is 5.98. The molecular weight excluding hydrogens is 255 g/mol. The van der Waals surface area contributed by atoms with Gasteiger partial charge in [-0.25, -0.2) is 4.39 Å². The molecule has 18 heavy (non-hydrogen) atoms. The highest BCUT2D eigenvalue weighted by Crippen LogP contribution is 2.41.